The van der Waals surface area contributed by atoms with Crippen LogP contribution in [0.3, 0.4) is 0 Å². The van der Waals surface area contributed by atoms with E-state index in [0.717, 1.165) is 23.7 Å². The number of hydrogen-bond donors (Lipinski definition) is 0. The second-order valence-corrected chi connectivity index (χ2v) is 14.6. The second kappa shape index (κ2) is 10.6. The zero-order valence-corrected chi connectivity index (χ0v) is 26.7. The van der Waals surface area contributed by atoms with E-state index < -0.39 is 0 Å². The molecule has 4 saturated carbocycles. The summed E-state index contributed by atoms with van der Waals surface area (Å²) >= 11 is 0. The smallest absolute Gasteiger partial charge is 0.0543 e. The summed E-state index contributed by atoms with van der Waals surface area (Å²) < 4.78 is 0. The molecule has 0 aromatic heterocycles. The predicted octanol–water partition coefficient (Wildman–Crippen LogP) is 12.2. The van der Waals surface area contributed by atoms with Gasteiger partial charge in [-0.1, -0.05) is 127 Å². The van der Waals surface area contributed by atoms with Crippen LogP contribution in [0.15, 0.2) is 152 Å². The fourth-order valence-corrected chi connectivity index (χ4v) is 10.7. The van der Waals surface area contributed by atoms with Gasteiger partial charge in [0, 0.05) is 22.2 Å². The lowest BCUT2D eigenvalue weighted by atomic mass is 9.43. The van der Waals surface area contributed by atoms with Gasteiger partial charge in [-0.05, 0) is 113 Å². The summed E-state index contributed by atoms with van der Waals surface area (Å²) in [4.78, 5) is 2.56. The van der Waals surface area contributed by atoms with Crippen LogP contribution in [-0.2, 0) is 5.41 Å². The summed E-state index contributed by atoms with van der Waals surface area (Å²) in [5.74, 6) is 3.35. The van der Waals surface area contributed by atoms with Gasteiger partial charge in [-0.15, -0.1) is 0 Å². The summed E-state index contributed by atoms with van der Waals surface area (Å²) in [7, 11) is 0. The van der Waals surface area contributed by atoms with Crippen LogP contribution in [0.5, 0.6) is 0 Å². The molecule has 4 bridgehead atoms. The van der Waals surface area contributed by atoms with Gasteiger partial charge in [0.1, 0.15) is 0 Å². The Morgan fingerprint density at radius 2 is 0.936 bits per heavy atom. The van der Waals surface area contributed by atoms with Crippen molar-refractivity contribution in [2.24, 2.45) is 23.7 Å². The molecule has 6 aromatic carbocycles. The summed E-state index contributed by atoms with van der Waals surface area (Å²) in [5, 5.41) is 0. The Bertz CT molecular complexity index is 2060. The van der Waals surface area contributed by atoms with Crippen LogP contribution < -0.4 is 4.90 Å². The maximum atomic E-state index is 2.56. The summed E-state index contributed by atoms with van der Waals surface area (Å²) in [6.07, 6.45) is 7.05. The van der Waals surface area contributed by atoms with Gasteiger partial charge in [0.15, 0.2) is 0 Å². The van der Waals surface area contributed by atoms with E-state index in [1.165, 1.54) is 82.5 Å². The molecule has 5 aliphatic carbocycles. The van der Waals surface area contributed by atoms with Crippen molar-refractivity contribution in [1.29, 1.82) is 0 Å². The Hall–Kier alpha value is -4.88. The molecule has 0 radical (unpaired) electrons. The standard InChI is InChI=1S/C46H39N/c1-3-12-33(13-4-1)34-22-24-38(25-23-34)47(43-20-10-8-16-39(43)35-14-5-2-6-15-35)44-21-11-19-42-45(44)40-17-7-9-18-41(40)46(42)36-27-31-26-32(29-36)30-37(46)28-31/h1-25,31-32,36-37H,26-30H2. The minimum absolute atomic E-state index is 0.136. The van der Waals surface area contributed by atoms with E-state index in [-0.39, 0.29) is 5.41 Å². The Morgan fingerprint density at radius 3 is 1.64 bits per heavy atom. The molecular formula is C46H39N. The van der Waals surface area contributed by atoms with Gasteiger partial charge in [-0.2, -0.15) is 0 Å². The van der Waals surface area contributed by atoms with Crippen molar-refractivity contribution in [2.75, 3.05) is 4.90 Å². The molecule has 0 heterocycles. The third-order valence-electron chi connectivity index (χ3n) is 12.3. The van der Waals surface area contributed by atoms with E-state index in [1.807, 2.05) is 0 Å². The van der Waals surface area contributed by atoms with Crippen molar-refractivity contribution >= 4 is 17.1 Å². The lowest BCUT2D eigenvalue weighted by Crippen LogP contribution is -2.55. The van der Waals surface area contributed by atoms with E-state index in [0.29, 0.717) is 0 Å². The Kier molecular flexibility index (Phi) is 6.13. The number of anilines is 3. The molecule has 0 N–H and O–H groups in total. The van der Waals surface area contributed by atoms with Gasteiger partial charge >= 0.3 is 0 Å². The minimum Gasteiger partial charge on any atom is -0.309 e. The topological polar surface area (TPSA) is 3.24 Å². The molecule has 6 aromatic rings. The second-order valence-electron chi connectivity index (χ2n) is 14.6. The average molecular weight is 606 g/mol. The van der Waals surface area contributed by atoms with Crippen LogP contribution in [0.25, 0.3) is 33.4 Å². The predicted molar refractivity (Wildman–Crippen MR) is 195 cm³/mol. The molecule has 0 unspecified atom stereocenters. The fraction of sp³-hybridized carbons (Fsp3) is 0.217. The van der Waals surface area contributed by atoms with E-state index >= 15 is 0 Å². The number of fused-ring (bicyclic) bond motifs is 3. The molecule has 228 valence electrons. The number of para-hydroxylation sites is 1. The van der Waals surface area contributed by atoms with Gasteiger partial charge < -0.3 is 4.90 Å². The molecule has 0 saturated heterocycles. The van der Waals surface area contributed by atoms with Crippen LogP contribution in [0.1, 0.15) is 43.2 Å². The Balaban J connectivity index is 1.22. The molecule has 47 heavy (non-hydrogen) atoms. The molecule has 0 amide bonds. The SMILES string of the molecule is c1ccc(-c2ccc(N(c3ccccc3-c3ccccc3)c3cccc4c3-c3ccccc3C43C4CC5CC(C4)CC3C5)cc2)cc1. The lowest BCUT2D eigenvalue weighted by Gasteiger charge is -2.61. The number of benzene rings is 6. The van der Waals surface area contributed by atoms with Crippen LogP contribution in [0, 0.1) is 23.7 Å². The zero-order valence-electron chi connectivity index (χ0n) is 26.7. The molecule has 11 rings (SSSR count). The molecular weight excluding hydrogens is 567 g/mol. The van der Waals surface area contributed by atoms with Crippen LogP contribution >= 0.6 is 0 Å². The molecule has 0 atom stereocenters. The Morgan fingerprint density at radius 1 is 0.404 bits per heavy atom. The summed E-state index contributed by atoms with van der Waals surface area (Å²) in [6.45, 7) is 0. The summed E-state index contributed by atoms with van der Waals surface area (Å²) in [6, 6.07) is 56.6. The first-order valence-electron chi connectivity index (χ1n) is 17.6. The van der Waals surface area contributed by atoms with E-state index in [1.54, 1.807) is 11.1 Å². The highest BCUT2D eigenvalue weighted by Crippen LogP contribution is 2.70. The molecule has 1 spiro atoms. The third kappa shape index (κ3) is 4.02. The molecule has 5 aliphatic rings. The summed E-state index contributed by atoms with van der Waals surface area (Å²) in [5.41, 5.74) is 14.9. The van der Waals surface area contributed by atoms with Gasteiger partial charge in [0.05, 0.1) is 11.4 Å². The highest BCUT2D eigenvalue weighted by Gasteiger charge is 2.61. The molecule has 1 heteroatoms. The number of hydrogen-bond acceptors (Lipinski definition) is 1. The number of rotatable bonds is 5. The van der Waals surface area contributed by atoms with E-state index in [9.17, 15) is 0 Å². The first-order chi connectivity index (χ1) is 23.3. The van der Waals surface area contributed by atoms with Gasteiger partial charge in [0.25, 0.3) is 0 Å². The zero-order chi connectivity index (χ0) is 31.0. The lowest BCUT2D eigenvalue weighted by molar-refractivity contribution is -0.0399. The van der Waals surface area contributed by atoms with Gasteiger partial charge in [-0.3, -0.25) is 0 Å². The third-order valence-corrected chi connectivity index (χ3v) is 12.3. The molecule has 4 fully saturated rings. The first kappa shape index (κ1) is 27.3. The normalized spacial score (nSPS) is 24.7. The Labute approximate surface area is 278 Å². The van der Waals surface area contributed by atoms with Crippen LogP contribution in [-0.4, -0.2) is 0 Å². The van der Waals surface area contributed by atoms with Gasteiger partial charge in [0.2, 0.25) is 0 Å². The largest absolute Gasteiger partial charge is 0.309 e. The molecule has 0 aliphatic heterocycles. The van der Waals surface area contributed by atoms with Gasteiger partial charge in [-0.25, -0.2) is 0 Å². The van der Waals surface area contributed by atoms with Crippen molar-refractivity contribution < 1.29 is 0 Å². The molecule has 1 nitrogen and oxygen atoms in total. The van der Waals surface area contributed by atoms with Crippen LogP contribution in [0.4, 0.5) is 17.1 Å². The first-order valence-corrected chi connectivity index (χ1v) is 17.6. The van der Waals surface area contributed by atoms with Crippen LogP contribution in [0.2, 0.25) is 0 Å². The highest BCUT2D eigenvalue weighted by molar-refractivity contribution is 5.98. The highest BCUT2D eigenvalue weighted by atomic mass is 15.1. The minimum atomic E-state index is 0.136. The quantitative estimate of drug-likeness (QED) is 0.189. The van der Waals surface area contributed by atoms with E-state index in [2.05, 4.69) is 157 Å². The maximum Gasteiger partial charge on any atom is 0.0543 e. The van der Waals surface area contributed by atoms with Crippen molar-refractivity contribution in [2.45, 2.75) is 37.5 Å². The van der Waals surface area contributed by atoms with Crippen molar-refractivity contribution in [1.82, 2.24) is 0 Å². The van der Waals surface area contributed by atoms with Crippen molar-refractivity contribution in [3.63, 3.8) is 0 Å². The fourth-order valence-electron chi connectivity index (χ4n) is 10.7. The monoisotopic (exact) mass is 605 g/mol. The average Bonchev–Trinajstić information content (AvgIpc) is 3.43. The van der Waals surface area contributed by atoms with Crippen molar-refractivity contribution in [3.05, 3.63) is 163 Å². The van der Waals surface area contributed by atoms with Crippen molar-refractivity contribution in [3.8, 4) is 33.4 Å². The van der Waals surface area contributed by atoms with E-state index in [4.69, 9.17) is 0 Å². The number of nitrogens with zero attached hydrogens (tertiary/aromatic N) is 1. The maximum absolute atomic E-state index is 2.56.